The Morgan fingerprint density at radius 2 is 1.45 bits per heavy atom. The number of hydrogen-bond donors (Lipinski definition) is 3. The van der Waals surface area contributed by atoms with Crippen molar-refractivity contribution in [3.8, 4) is 0 Å². The second kappa shape index (κ2) is 9.09. The predicted octanol–water partition coefficient (Wildman–Crippen LogP) is 3.53. The van der Waals surface area contributed by atoms with Crippen LogP contribution in [-0.2, 0) is 23.1 Å². The molecule has 3 rings (SSSR count). The minimum Gasteiger partial charge on any atom is -0.380 e. The van der Waals surface area contributed by atoms with E-state index < -0.39 is 15.9 Å². The van der Waals surface area contributed by atoms with Crippen LogP contribution in [0.15, 0.2) is 77.7 Å². The van der Waals surface area contributed by atoms with Crippen LogP contribution in [0.4, 0.5) is 5.69 Å². The van der Waals surface area contributed by atoms with Gasteiger partial charge in [0.15, 0.2) is 0 Å². The van der Waals surface area contributed by atoms with E-state index in [9.17, 15) is 13.2 Å². The van der Waals surface area contributed by atoms with Crippen molar-refractivity contribution in [3.63, 3.8) is 0 Å². The molecule has 0 saturated carbocycles. The SMILES string of the molecule is NS(=O)(=O)c1cc(C(=O)NCc2ccccc2)c(NCc2ccccc2)cc1Cl. The summed E-state index contributed by atoms with van der Waals surface area (Å²) in [6.07, 6.45) is 0. The average Bonchev–Trinajstić information content (AvgIpc) is 2.71. The molecule has 3 aromatic carbocycles. The van der Waals surface area contributed by atoms with Gasteiger partial charge >= 0.3 is 0 Å². The molecule has 1 amide bonds. The lowest BCUT2D eigenvalue weighted by molar-refractivity contribution is 0.0951. The molecule has 150 valence electrons. The van der Waals surface area contributed by atoms with Gasteiger partial charge in [-0.1, -0.05) is 72.3 Å². The molecule has 0 radical (unpaired) electrons. The maximum atomic E-state index is 12.8. The summed E-state index contributed by atoms with van der Waals surface area (Å²) in [6, 6.07) is 21.6. The van der Waals surface area contributed by atoms with Crippen LogP contribution in [0.1, 0.15) is 21.5 Å². The molecule has 0 bridgehead atoms. The van der Waals surface area contributed by atoms with Crippen molar-refractivity contribution in [1.29, 1.82) is 0 Å². The Balaban J connectivity index is 1.89. The number of carbonyl (C=O) groups is 1. The first-order chi connectivity index (χ1) is 13.8. The number of sulfonamides is 1. The third-order valence-electron chi connectivity index (χ3n) is 4.24. The van der Waals surface area contributed by atoms with Crippen molar-refractivity contribution < 1.29 is 13.2 Å². The van der Waals surface area contributed by atoms with Gasteiger partial charge in [0.25, 0.3) is 5.91 Å². The van der Waals surface area contributed by atoms with Gasteiger partial charge in [-0.3, -0.25) is 4.79 Å². The first kappa shape index (κ1) is 20.9. The first-order valence-electron chi connectivity index (χ1n) is 8.81. The molecule has 0 aliphatic heterocycles. The average molecular weight is 430 g/mol. The molecule has 0 aliphatic carbocycles. The first-order valence-corrected chi connectivity index (χ1v) is 10.7. The van der Waals surface area contributed by atoms with E-state index in [1.165, 1.54) is 12.1 Å². The zero-order chi connectivity index (χ0) is 20.9. The number of halogens is 1. The van der Waals surface area contributed by atoms with Crippen molar-refractivity contribution >= 4 is 33.2 Å². The smallest absolute Gasteiger partial charge is 0.253 e. The van der Waals surface area contributed by atoms with Gasteiger partial charge in [-0.15, -0.1) is 0 Å². The van der Waals surface area contributed by atoms with E-state index in [1.807, 2.05) is 60.7 Å². The fraction of sp³-hybridized carbons (Fsp3) is 0.0952. The van der Waals surface area contributed by atoms with E-state index in [0.717, 1.165) is 11.1 Å². The van der Waals surface area contributed by atoms with Crippen molar-refractivity contribution in [2.75, 3.05) is 5.32 Å². The van der Waals surface area contributed by atoms with Gasteiger partial charge in [0.2, 0.25) is 10.0 Å². The van der Waals surface area contributed by atoms with E-state index in [2.05, 4.69) is 10.6 Å². The summed E-state index contributed by atoms with van der Waals surface area (Å²) in [4.78, 5) is 12.5. The molecule has 6 nitrogen and oxygen atoms in total. The van der Waals surface area contributed by atoms with Gasteiger partial charge in [-0.2, -0.15) is 0 Å². The molecule has 8 heteroatoms. The van der Waals surface area contributed by atoms with Crippen LogP contribution in [0.25, 0.3) is 0 Å². The molecule has 0 heterocycles. The van der Waals surface area contributed by atoms with E-state index in [4.69, 9.17) is 16.7 Å². The summed E-state index contributed by atoms with van der Waals surface area (Å²) in [7, 11) is -4.08. The highest BCUT2D eigenvalue weighted by molar-refractivity contribution is 7.89. The van der Waals surface area contributed by atoms with Crippen molar-refractivity contribution in [2.45, 2.75) is 18.0 Å². The van der Waals surface area contributed by atoms with Crippen LogP contribution >= 0.6 is 11.6 Å². The zero-order valence-corrected chi connectivity index (χ0v) is 17.0. The van der Waals surface area contributed by atoms with Crippen LogP contribution in [0.3, 0.4) is 0 Å². The topological polar surface area (TPSA) is 101 Å². The lowest BCUT2D eigenvalue weighted by Crippen LogP contribution is -2.25. The molecule has 0 atom stereocenters. The third-order valence-corrected chi connectivity index (χ3v) is 5.62. The molecule has 29 heavy (non-hydrogen) atoms. The van der Waals surface area contributed by atoms with Crippen molar-refractivity contribution in [1.82, 2.24) is 5.32 Å². The minimum atomic E-state index is -4.08. The number of primary sulfonamides is 1. The summed E-state index contributed by atoms with van der Waals surface area (Å²) in [5, 5.41) is 11.1. The Kier molecular flexibility index (Phi) is 6.53. The number of benzene rings is 3. The van der Waals surface area contributed by atoms with E-state index in [1.54, 1.807) is 0 Å². The van der Waals surface area contributed by atoms with Crippen molar-refractivity contribution in [2.24, 2.45) is 5.14 Å². The zero-order valence-electron chi connectivity index (χ0n) is 15.4. The summed E-state index contributed by atoms with van der Waals surface area (Å²) in [6.45, 7) is 0.732. The number of hydrogen-bond acceptors (Lipinski definition) is 4. The summed E-state index contributed by atoms with van der Waals surface area (Å²) in [5.74, 6) is -0.439. The van der Waals surface area contributed by atoms with E-state index >= 15 is 0 Å². The Hall–Kier alpha value is -2.87. The molecule has 0 unspecified atom stereocenters. The van der Waals surface area contributed by atoms with Gasteiger partial charge in [-0.25, -0.2) is 13.6 Å². The molecule has 4 N–H and O–H groups in total. The molecule has 0 aliphatic rings. The molecule has 0 aromatic heterocycles. The molecular formula is C21H20ClN3O3S. The van der Waals surface area contributed by atoms with Crippen LogP contribution in [-0.4, -0.2) is 14.3 Å². The Morgan fingerprint density at radius 3 is 2.00 bits per heavy atom. The summed E-state index contributed by atoms with van der Waals surface area (Å²) in [5.41, 5.74) is 2.47. The number of nitrogens with one attached hydrogen (secondary N) is 2. The number of rotatable bonds is 7. The lowest BCUT2D eigenvalue weighted by atomic mass is 10.1. The van der Waals surface area contributed by atoms with Gasteiger partial charge in [-0.05, 0) is 23.3 Å². The van der Waals surface area contributed by atoms with Gasteiger partial charge < -0.3 is 10.6 Å². The Bertz CT molecular complexity index is 1100. The second-order valence-corrected chi connectivity index (χ2v) is 8.32. The van der Waals surface area contributed by atoms with Crippen LogP contribution in [0.2, 0.25) is 5.02 Å². The van der Waals surface area contributed by atoms with Gasteiger partial charge in [0.05, 0.1) is 10.6 Å². The lowest BCUT2D eigenvalue weighted by Gasteiger charge is -2.15. The largest absolute Gasteiger partial charge is 0.380 e. The highest BCUT2D eigenvalue weighted by Crippen LogP contribution is 2.29. The number of carbonyl (C=O) groups excluding carboxylic acids is 1. The summed E-state index contributed by atoms with van der Waals surface area (Å²) < 4.78 is 23.7. The molecule has 0 spiro atoms. The molecule has 0 fully saturated rings. The minimum absolute atomic E-state index is 0.0531. The Labute approximate surface area is 174 Å². The maximum absolute atomic E-state index is 12.8. The fourth-order valence-electron chi connectivity index (χ4n) is 2.77. The second-order valence-electron chi connectivity index (χ2n) is 6.38. The normalized spacial score (nSPS) is 11.1. The number of anilines is 1. The van der Waals surface area contributed by atoms with Crippen LogP contribution in [0, 0.1) is 0 Å². The standard InChI is InChI=1S/C21H20ClN3O3S/c22-18-12-19(24-13-15-7-3-1-4-8-15)17(11-20(18)29(23,27)28)21(26)25-14-16-9-5-2-6-10-16/h1-12,24H,13-14H2,(H,25,26)(H2,23,27,28). The van der Waals surface area contributed by atoms with E-state index in [0.29, 0.717) is 18.8 Å². The summed E-state index contributed by atoms with van der Waals surface area (Å²) >= 11 is 6.11. The molecular weight excluding hydrogens is 410 g/mol. The van der Waals surface area contributed by atoms with Crippen LogP contribution < -0.4 is 15.8 Å². The van der Waals surface area contributed by atoms with E-state index in [-0.39, 0.29) is 15.5 Å². The monoisotopic (exact) mass is 429 g/mol. The van der Waals surface area contributed by atoms with Crippen LogP contribution in [0.5, 0.6) is 0 Å². The number of nitrogens with two attached hydrogens (primary N) is 1. The number of amides is 1. The highest BCUT2D eigenvalue weighted by atomic mass is 35.5. The third kappa shape index (κ3) is 5.57. The van der Waals surface area contributed by atoms with Gasteiger partial charge in [0, 0.05) is 18.8 Å². The fourth-order valence-corrected chi connectivity index (χ4v) is 3.87. The van der Waals surface area contributed by atoms with Gasteiger partial charge in [0.1, 0.15) is 4.90 Å². The quantitative estimate of drug-likeness (QED) is 0.534. The Morgan fingerprint density at radius 1 is 0.897 bits per heavy atom. The van der Waals surface area contributed by atoms with Crippen molar-refractivity contribution in [3.05, 3.63) is 94.5 Å². The molecule has 0 saturated heterocycles. The highest BCUT2D eigenvalue weighted by Gasteiger charge is 2.20. The predicted molar refractivity (Wildman–Crippen MR) is 114 cm³/mol. The molecule has 3 aromatic rings. The maximum Gasteiger partial charge on any atom is 0.253 e.